The van der Waals surface area contributed by atoms with Crippen molar-refractivity contribution in [3.8, 4) is 0 Å². The molecule has 0 saturated carbocycles. The van der Waals surface area contributed by atoms with Crippen LogP contribution in [0.1, 0.15) is 18.6 Å². The molecule has 0 spiro atoms. The van der Waals surface area contributed by atoms with E-state index < -0.39 is 36.3 Å². The van der Waals surface area contributed by atoms with Crippen LogP contribution in [-0.4, -0.2) is 39.7 Å². The van der Waals surface area contributed by atoms with Gasteiger partial charge in [-0.25, -0.2) is 4.39 Å². The van der Waals surface area contributed by atoms with Crippen molar-refractivity contribution in [3.05, 3.63) is 35.6 Å². The molecule has 0 unspecified atom stereocenters. The number of aliphatic hydroxyl groups is 3. The van der Waals surface area contributed by atoms with E-state index in [1.807, 2.05) is 0 Å². The molecule has 2 rings (SSSR count). The molecule has 5 heteroatoms. The van der Waals surface area contributed by atoms with Gasteiger partial charge < -0.3 is 20.1 Å². The minimum atomic E-state index is -1.18. The Kier molecular flexibility index (Phi) is 3.44. The van der Waals surface area contributed by atoms with Crippen LogP contribution < -0.4 is 0 Å². The molecule has 3 N–H and O–H groups in total. The molecule has 1 aromatic rings. The lowest BCUT2D eigenvalue weighted by molar-refractivity contribution is -0.0636. The second-order valence-corrected chi connectivity index (χ2v) is 4.29. The van der Waals surface area contributed by atoms with Crippen molar-refractivity contribution in [3.63, 3.8) is 0 Å². The number of hydrogen-bond acceptors (Lipinski definition) is 4. The van der Waals surface area contributed by atoms with Crippen LogP contribution in [0.3, 0.4) is 0 Å². The van der Waals surface area contributed by atoms with E-state index in [1.54, 1.807) is 13.0 Å². The zero-order valence-electron chi connectivity index (χ0n) is 9.32. The van der Waals surface area contributed by atoms with E-state index in [2.05, 4.69) is 0 Å². The lowest BCUT2D eigenvalue weighted by atomic mass is 9.99. The number of aliphatic hydroxyl groups excluding tert-OH is 3. The first-order valence-corrected chi connectivity index (χ1v) is 5.46. The van der Waals surface area contributed by atoms with Crippen molar-refractivity contribution in [2.45, 2.75) is 37.4 Å². The molecule has 1 heterocycles. The third kappa shape index (κ3) is 2.32. The van der Waals surface area contributed by atoms with Crippen LogP contribution in [0, 0.1) is 5.82 Å². The molecule has 1 saturated heterocycles. The van der Waals surface area contributed by atoms with Crippen molar-refractivity contribution in [1.29, 1.82) is 0 Å². The van der Waals surface area contributed by atoms with Gasteiger partial charge in [-0.3, -0.25) is 0 Å². The van der Waals surface area contributed by atoms with E-state index in [1.165, 1.54) is 18.2 Å². The smallest absolute Gasteiger partial charge is 0.123 e. The molecule has 0 aromatic heterocycles. The summed E-state index contributed by atoms with van der Waals surface area (Å²) in [5, 5.41) is 29.2. The number of ether oxygens (including phenoxy) is 1. The molecule has 1 aliphatic rings. The number of hydrogen-bond donors (Lipinski definition) is 3. The first-order valence-electron chi connectivity index (χ1n) is 5.46. The highest BCUT2D eigenvalue weighted by atomic mass is 19.1. The number of rotatable bonds is 2. The van der Waals surface area contributed by atoms with Crippen LogP contribution >= 0.6 is 0 Å². The maximum Gasteiger partial charge on any atom is 0.123 e. The largest absolute Gasteiger partial charge is 0.388 e. The van der Waals surface area contributed by atoms with Gasteiger partial charge >= 0.3 is 0 Å². The molecule has 4 nitrogen and oxygen atoms in total. The fraction of sp³-hybridized carbons (Fsp3) is 0.500. The average molecular weight is 242 g/mol. The zero-order valence-corrected chi connectivity index (χ0v) is 9.32. The highest BCUT2D eigenvalue weighted by Gasteiger charge is 2.44. The predicted octanol–water partition coefficient (Wildman–Crippen LogP) is 0.368. The van der Waals surface area contributed by atoms with Crippen LogP contribution in [-0.2, 0) is 4.74 Å². The summed E-state index contributed by atoms with van der Waals surface area (Å²) in [6.45, 7) is 1.60. The van der Waals surface area contributed by atoms with Crippen LogP contribution in [0.5, 0.6) is 0 Å². The molecule has 0 aliphatic carbocycles. The Balaban J connectivity index is 2.18. The summed E-state index contributed by atoms with van der Waals surface area (Å²) in [7, 11) is 0. The van der Waals surface area contributed by atoms with E-state index in [0.717, 1.165) is 0 Å². The molecule has 1 aliphatic heterocycles. The minimum absolute atomic E-state index is 0.315. The van der Waals surface area contributed by atoms with E-state index in [9.17, 15) is 19.7 Å². The Morgan fingerprint density at radius 3 is 2.53 bits per heavy atom. The van der Waals surface area contributed by atoms with Gasteiger partial charge in [0.05, 0.1) is 6.10 Å². The Morgan fingerprint density at radius 2 is 2.00 bits per heavy atom. The normalized spacial score (nSPS) is 34.9. The topological polar surface area (TPSA) is 69.9 Å². The lowest BCUT2D eigenvalue weighted by Gasteiger charge is -2.21. The van der Waals surface area contributed by atoms with Gasteiger partial charge in [0, 0.05) is 0 Å². The van der Waals surface area contributed by atoms with Crippen molar-refractivity contribution in [1.82, 2.24) is 0 Å². The molecule has 17 heavy (non-hydrogen) atoms. The maximum atomic E-state index is 13.0. The van der Waals surface area contributed by atoms with Gasteiger partial charge in [-0.05, 0) is 24.6 Å². The predicted molar refractivity (Wildman–Crippen MR) is 57.7 cm³/mol. The van der Waals surface area contributed by atoms with E-state index in [0.29, 0.717) is 5.56 Å². The fourth-order valence-electron chi connectivity index (χ4n) is 2.02. The Morgan fingerprint density at radius 1 is 1.29 bits per heavy atom. The van der Waals surface area contributed by atoms with Gasteiger partial charge in [-0.2, -0.15) is 0 Å². The van der Waals surface area contributed by atoms with Crippen molar-refractivity contribution in [2.24, 2.45) is 0 Å². The SMILES string of the molecule is C[C@@H]1O[C@H]([C@H](O)c2cccc(F)c2)[C@@H](O)[C@H]1O. The van der Waals surface area contributed by atoms with Gasteiger partial charge in [-0.15, -0.1) is 0 Å². The monoisotopic (exact) mass is 242 g/mol. The Hall–Kier alpha value is -1.01. The maximum absolute atomic E-state index is 13.0. The first-order chi connectivity index (χ1) is 8.00. The van der Waals surface area contributed by atoms with Crippen molar-refractivity contribution >= 4 is 0 Å². The summed E-state index contributed by atoms with van der Waals surface area (Å²) in [4.78, 5) is 0. The summed E-state index contributed by atoms with van der Waals surface area (Å²) >= 11 is 0. The quantitative estimate of drug-likeness (QED) is 0.700. The van der Waals surface area contributed by atoms with E-state index in [-0.39, 0.29) is 0 Å². The molecular formula is C12H15FO4. The molecule has 0 amide bonds. The summed E-state index contributed by atoms with van der Waals surface area (Å²) < 4.78 is 18.3. The summed E-state index contributed by atoms with van der Waals surface area (Å²) in [6, 6.07) is 5.45. The third-order valence-corrected chi connectivity index (χ3v) is 3.04. The van der Waals surface area contributed by atoms with Crippen LogP contribution in [0.25, 0.3) is 0 Å². The third-order valence-electron chi connectivity index (χ3n) is 3.04. The minimum Gasteiger partial charge on any atom is -0.388 e. The Labute approximate surface area is 98.3 Å². The molecule has 1 fully saturated rings. The van der Waals surface area contributed by atoms with Gasteiger partial charge in [-0.1, -0.05) is 12.1 Å². The molecular weight excluding hydrogens is 227 g/mol. The van der Waals surface area contributed by atoms with E-state index >= 15 is 0 Å². The van der Waals surface area contributed by atoms with Crippen molar-refractivity contribution < 1.29 is 24.4 Å². The highest BCUT2D eigenvalue weighted by Crippen LogP contribution is 2.30. The molecule has 94 valence electrons. The zero-order chi connectivity index (χ0) is 12.6. The van der Waals surface area contributed by atoms with Crippen LogP contribution in [0.4, 0.5) is 4.39 Å². The molecule has 5 atom stereocenters. The fourth-order valence-corrected chi connectivity index (χ4v) is 2.02. The standard InChI is InChI=1S/C12H15FO4/c1-6-9(14)11(16)12(17-6)10(15)7-3-2-4-8(13)5-7/h2-6,9-12,14-16H,1H3/t6-,9-,10+,11-,12+/m0/s1. The molecule has 0 bridgehead atoms. The highest BCUT2D eigenvalue weighted by molar-refractivity contribution is 5.20. The second-order valence-electron chi connectivity index (χ2n) is 4.29. The summed E-state index contributed by atoms with van der Waals surface area (Å²) in [5.74, 6) is -0.470. The lowest BCUT2D eigenvalue weighted by Crippen LogP contribution is -2.34. The summed E-state index contributed by atoms with van der Waals surface area (Å²) in [5.41, 5.74) is 0.315. The van der Waals surface area contributed by atoms with Gasteiger partial charge in [0.15, 0.2) is 0 Å². The summed E-state index contributed by atoms with van der Waals surface area (Å²) in [6.07, 6.45) is -4.88. The molecule has 1 aromatic carbocycles. The van der Waals surface area contributed by atoms with Crippen molar-refractivity contribution in [2.75, 3.05) is 0 Å². The molecule has 0 radical (unpaired) electrons. The van der Waals surface area contributed by atoms with Gasteiger partial charge in [0.1, 0.15) is 30.2 Å². The average Bonchev–Trinajstić information content (AvgIpc) is 2.56. The Bertz CT molecular complexity index is 398. The van der Waals surface area contributed by atoms with E-state index in [4.69, 9.17) is 4.74 Å². The number of benzene rings is 1. The second kappa shape index (κ2) is 4.70. The van der Waals surface area contributed by atoms with Crippen LogP contribution in [0.15, 0.2) is 24.3 Å². The number of halogens is 1. The van der Waals surface area contributed by atoms with Crippen LogP contribution in [0.2, 0.25) is 0 Å². The van der Waals surface area contributed by atoms with Gasteiger partial charge in [0.25, 0.3) is 0 Å². The first kappa shape index (κ1) is 12.4. The van der Waals surface area contributed by atoms with Gasteiger partial charge in [0.2, 0.25) is 0 Å².